The molecular formula is C16H16ClN5O. The Hall–Kier alpha value is -2.44. The summed E-state index contributed by atoms with van der Waals surface area (Å²) in [6, 6.07) is 9.19. The van der Waals surface area contributed by atoms with Crippen molar-refractivity contribution in [1.82, 2.24) is 19.7 Å². The lowest BCUT2D eigenvalue weighted by Crippen LogP contribution is -2.08. The van der Waals surface area contributed by atoms with E-state index >= 15 is 0 Å². The summed E-state index contributed by atoms with van der Waals surface area (Å²) in [4.78, 5) is 8.82. The Kier molecular flexibility index (Phi) is 4.27. The molecule has 2 heterocycles. The van der Waals surface area contributed by atoms with Gasteiger partial charge in [0.25, 0.3) is 0 Å². The number of nitrogens with one attached hydrogen (secondary N) is 1. The van der Waals surface area contributed by atoms with Gasteiger partial charge in [-0.2, -0.15) is 5.10 Å². The summed E-state index contributed by atoms with van der Waals surface area (Å²) in [5.74, 6) is 1.07. The Balaban J connectivity index is 1.99. The molecule has 0 radical (unpaired) electrons. The van der Waals surface area contributed by atoms with Gasteiger partial charge in [0.05, 0.1) is 18.5 Å². The van der Waals surface area contributed by atoms with E-state index in [1.54, 1.807) is 23.0 Å². The maximum atomic E-state index is 9.47. The lowest BCUT2D eigenvalue weighted by atomic mass is 10.3. The van der Waals surface area contributed by atoms with Crippen molar-refractivity contribution in [3.05, 3.63) is 58.6 Å². The first-order valence-corrected chi connectivity index (χ1v) is 7.47. The second kappa shape index (κ2) is 6.36. The monoisotopic (exact) mass is 329 g/mol. The van der Waals surface area contributed by atoms with E-state index in [9.17, 15) is 5.11 Å². The predicted octanol–water partition coefficient (Wildman–Crippen LogP) is 3.17. The fraction of sp³-hybridized carbons (Fsp3) is 0.188. The van der Waals surface area contributed by atoms with Crippen LogP contribution >= 0.6 is 11.6 Å². The molecule has 0 aliphatic rings. The first-order valence-electron chi connectivity index (χ1n) is 7.10. The number of aryl methyl sites for hydroxylation is 2. The van der Waals surface area contributed by atoms with Gasteiger partial charge in [0.2, 0.25) is 0 Å². The van der Waals surface area contributed by atoms with Crippen molar-refractivity contribution >= 4 is 23.1 Å². The minimum atomic E-state index is -0.208. The minimum absolute atomic E-state index is 0.208. The molecule has 3 aromatic rings. The van der Waals surface area contributed by atoms with E-state index in [2.05, 4.69) is 20.4 Å². The van der Waals surface area contributed by atoms with Crippen molar-refractivity contribution in [1.29, 1.82) is 0 Å². The van der Waals surface area contributed by atoms with Gasteiger partial charge in [-0.3, -0.25) is 4.98 Å². The van der Waals surface area contributed by atoms with E-state index in [1.807, 2.05) is 32.0 Å². The molecule has 0 unspecified atom stereocenters. The third-order valence-corrected chi connectivity index (χ3v) is 3.57. The lowest BCUT2D eigenvalue weighted by molar-refractivity contribution is 0.277. The van der Waals surface area contributed by atoms with Gasteiger partial charge >= 0.3 is 0 Å². The highest BCUT2D eigenvalue weighted by molar-refractivity contribution is 6.30. The third-order valence-electron chi connectivity index (χ3n) is 3.32. The molecule has 0 bridgehead atoms. The van der Waals surface area contributed by atoms with Crippen LogP contribution in [0.4, 0.5) is 11.5 Å². The molecular weight excluding hydrogens is 314 g/mol. The summed E-state index contributed by atoms with van der Waals surface area (Å²) in [5.41, 5.74) is 3.14. The first-order chi connectivity index (χ1) is 11.1. The van der Waals surface area contributed by atoms with E-state index in [4.69, 9.17) is 11.6 Å². The Morgan fingerprint density at radius 3 is 2.57 bits per heavy atom. The molecule has 1 aromatic carbocycles. The van der Waals surface area contributed by atoms with E-state index in [1.165, 1.54) is 0 Å². The number of aliphatic hydroxyl groups is 1. The summed E-state index contributed by atoms with van der Waals surface area (Å²) in [6.07, 6.45) is 1.60. The molecule has 0 aliphatic heterocycles. The molecule has 3 rings (SSSR count). The van der Waals surface area contributed by atoms with E-state index in [-0.39, 0.29) is 6.61 Å². The van der Waals surface area contributed by atoms with Crippen LogP contribution in [0.2, 0.25) is 5.02 Å². The van der Waals surface area contributed by atoms with Crippen LogP contribution in [0.1, 0.15) is 17.1 Å². The minimum Gasteiger partial charge on any atom is -0.390 e. The Bertz CT molecular complexity index is 829. The average Bonchev–Trinajstić information content (AvgIpc) is 2.88. The lowest BCUT2D eigenvalue weighted by Gasteiger charge is -2.11. The Morgan fingerprint density at radius 1 is 1.22 bits per heavy atom. The zero-order chi connectivity index (χ0) is 16.4. The average molecular weight is 330 g/mol. The molecule has 0 aliphatic carbocycles. The number of nitrogens with zero attached hydrogens (tertiary/aromatic N) is 4. The van der Waals surface area contributed by atoms with Crippen LogP contribution in [0.5, 0.6) is 0 Å². The van der Waals surface area contributed by atoms with Gasteiger partial charge in [-0.05, 0) is 44.2 Å². The van der Waals surface area contributed by atoms with Gasteiger partial charge in [-0.15, -0.1) is 0 Å². The molecule has 7 heteroatoms. The van der Waals surface area contributed by atoms with Crippen LogP contribution in [0.3, 0.4) is 0 Å². The van der Waals surface area contributed by atoms with Crippen LogP contribution < -0.4 is 5.32 Å². The zero-order valence-electron chi connectivity index (χ0n) is 12.8. The fourth-order valence-corrected chi connectivity index (χ4v) is 2.38. The molecule has 0 saturated carbocycles. The van der Waals surface area contributed by atoms with Crippen molar-refractivity contribution in [2.24, 2.45) is 0 Å². The SMILES string of the molecule is Cc1cc(C)n(-c2cnc(CO)c(Nc3ccc(Cl)cc3)n2)n1. The molecule has 0 atom stereocenters. The van der Waals surface area contributed by atoms with Crippen LogP contribution in [-0.2, 0) is 6.61 Å². The van der Waals surface area contributed by atoms with E-state index < -0.39 is 0 Å². The van der Waals surface area contributed by atoms with Crippen LogP contribution in [0.15, 0.2) is 36.5 Å². The predicted molar refractivity (Wildman–Crippen MR) is 89.3 cm³/mol. The van der Waals surface area contributed by atoms with Gasteiger partial charge in [-0.1, -0.05) is 11.6 Å². The number of benzene rings is 1. The normalized spacial score (nSPS) is 10.8. The zero-order valence-corrected chi connectivity index (χ0v) is 13.5. The van der Waals surface area contributed by atoms with Crippen molar-refractivity contribution in [2.75, 3.05) is 5.32 Å². The van der Waals surface area contributed by atoms with Crippen LogP contribution in [0.25, 0.3) is 5.82 Å². The van der Waals surface area contributed by atoms with Crippen molar-refractivity contribution < 1.29 is 5.11 Å². The second-order valence-electron chi connectivity index (χ2n) is 5.15. The molecule has 0 fully saturated rings. The second-order valence-corrected chi connectivity index (χ2v) is 5.59. The Morgan fingerprint density at radius 2 is 1.96 bits per heavy atom. The van der Waals surface area contributed by atoms with Crippen molar-refractivity contribution in [3.63, 3.8) is 0 Å². The summed E-state index contributed by atoms with van der Waals surface area (Å²) in [6.45, 7) is 3.67. The fourth-order valence-electron chi connectivity index (χ4n) is 2.25. The molecule has 0 amide bonds. The molecule has 118 valence electrons. The summed E-state index contributed by atoms with van der Waals surface area (Å²) in [5, 5.41) is 17.7. The molecule has 2 aromatic heterocycles. The number of hydrogen-bond donors (Lipinski definition) is 2. The van der Waals surface area contributed by atoms with Crippen LogP contribution in [0, 0.1) is 13.8 Å². The summed E-state index contributed by atoms with van der Waals surface area (Å²) < 4.78 is 1.72. The smallest absolute Gasteiger partial charge is 0.174 e. The third kappa shape index (κ3) is 3.33. The van der Waals surface area contributed by atoms with Crippen molar-refractivity contribution in [2.45, 2.75) is 20.5 Å². The maximum Gasteiger partial charge on any atom is 0.174 e. The van der Waals surface area contributed by atoms with E-state index in [0.717, 1.165) is 17.1 Å². The number of halogens is 1. The van der Waals surface area contributed by atoms with Crippen LogP contribution in [-0.4, -0.2) is 24.9 Å². The van der Waals surface area contributed by atoms with Gasteiger partial charge in [0, 0.05) is 16.4 Å². The van der Waals surface area contributed by atoms with E-state index in [0.29, 0.717) is 22.4 Å². The molecule has 6 nitrogen and oxygen atoms in total. The van der Waals surface area contributed by atoms with Gasteiger partial charge in [0.15, 0.2) is 11.6 Å². The van der Waals surface area contributed by atoms with Crippen molar-refractivity contribution in [3.8, 4) is 5.82 Å². The Labute approximate surface area is 138 Å². The highest BCUT2D eigenvalue weighted by atomic mass is 35.5. The number of aromatic nitrogens is 4. The van der Waals surface area contributed by atoms with Gasteiger partial charge < -0.3 is 10.4 Å². The number of hydrogen-bond acceptors (Lipinski definition) is 5. The summed E-state index contributed by atoms with van der Waals surface area (Å²) in [7, 11) is 0. The van der Waals surface area contributed by atoms with Gasteiger partial charge in [-0.25, -0.2) is 9.67 Å². The first kappa shape index (κ1) is 15.5. The highest BCUT2D eigenvalue weighted by Crippen LogP contribution is 2.21. The largest absolute Gasteiger partial charge is 0.390 e. The topological polar surface area (TPSA) is 75.9 Å². The molecule has 0 spiro atoms. The molecule has 23 heavy (non-hydrogen) atoms. The molecule has 0 saturated heterocycles. The standard InChI is InChI=1S/C16H16ClN5O/c1-10-7-11(2)22(21-10)15-8-18-14(9-23)16(20-15)19-13-5-3-12(17)4-6-13/h3-8,23H,9H2,1-2H3,(H,19,20). The summed E-state index contributed by atoms with van der Waals surface area (Å²) >= 11 is 5.89. The number of rotatable bonds is 4. The maximum absolute atomic E-state index is 9.47. The quantitative estimate of drug-likeness (QED) is 0.769. The molecule has 2 N–H and O–H groups in total. The number of aliphatic hydroxyl groups excluding tert-OH is 1. The van der Waals surface area contributed by atoms with Gasteiger partial charge in [0.1, 0.15) is 5.69 Å². The number of anilines is 2. The highest BCUT2D eigenvalue weighted by Gasteiger charge is 2.11.